The van der Waals surface area contributed by atoms with Gasteiger partial charge in [-0.25, -0.2) is 4.39 Å². The van der Waals surface area contributed by atoms with Gasteiger partial charge >= 0.3 is 0 Å². The standard InChI is InChI=1S/C10H11BrClFN2O/c11-6-4-8(13)5(3-7(6)12)9(14)1-2-10(15)16/h3-4,9H,1-2,14H2,(H2,15,16). The minimum Gasteiger partial charge on any atom is -0.370 e. The van der Waals surface area contributed by atoms with Crippen LogP contribution in [0.2, 0.25) is 5.02 Å². The van der Waals surface area contributed by atoms with Gasteiger partial charge in [-0.3, -0.25) is 4.79 Å². The van der Waals surface area contributed by atoms with Gasteiger partial charge in [0.25, 0.3) is 0 Å². The maximum Gasteiger partial charge on any atom is 0.217 e. The van der Waals surface area contributed by atoms with E-state index < -0.39 is 17.8 Å². The molecule has 0 bridgehead atoms. The summed E-state index contributed by atoms with van der Waals surface area (Å²) in [4.78, 5) is 10.6. The van der Waals surface area contributed by atoms with Crippen LogP contribution in [-0.2, 0) is 4.79 Å². The van der Waals surface area contributed by atoms with Crippen LogP contribution < -0.4 is 11.5 Å². The lowest BCUT2D eigenvalue weighted by Crippen LogP contribution is -2.17. The van der Waals surface area contributed by atoms with Crippen LogP contribution in [0.25, 0.3) is 0 Å². The fourth-order valence-corrected chi connectivity index (χ4v) is 1.76. The Bertz CT molecular complexity index is 414. The molecule has 0 aliphatic heterocycles. The summed E-state index contributed by atoms with van der Waals surface area (Å²) in [5.74, 6) is -0.910. The Hall–Kier alpha value is -0.650. The third kappa shape index (κ3) is 3.43. The van der Waals surface area contributed by atoms with E-state index in [2.05, 4.69) is 15.9 Å². The van der Waals surface area contributed by atoms with Crippen molar-refractivity contribution >= 4 is 33.4 Å². The van der Waals surface area contributed by atoms with E-state index in [-0.39, 0.29) is 12.0 Å². The summed E-state index contributed by atoms with van der Waals surface area (Å²) in [7, 11) is 0. The molecule has 0 radical (unpaired) electrons. The maximum atomic E-state index is 13.5. The Morgan fingerprint density at radius 3 is 2.75 bits per heavy atom. The van der Waals surface area contributed by atoms with Crippen molar-refractivity contribution in [3.63, 3.8) is 0 Å². The van der Waals surface area contributed by atoms with Gasteiger partial charge in [-0.15, -0.1) is 0 Å². The third-order valence-corrected chi connectivity index (χ3v) is 3.34. The molecule has 0 fully saturated rings. The molecule has 1 rings (SSSR count). The lowest BCUT2D eigenvalue weighted by molar-refractivity contribution is -0.118. The van der Waals surface area contributed by atoms with Gasteiger partial charge < -0.3 is 11.5 Å². The van der Waals surface area contributed by atoms with Crippen molar-refractivity contribution < 1.29 is 9.18 Å². The summed E-state index contributed by atoms with van der Waals surface area (Å²) < 4.78 is 14.0. The smallest absolute Gasteiger partial charge is 0.217 e. The number of hydrogen-bond donors (Lipinski definition) is 2. The van der Waals surface area contributed by atoms with Crippen LogP contribution in [0.5, 0.6) is 0 Å². The minimum absolute atomic E-state index is 0.119. The summed E-state index contributed by atoms with van der Waals surface area (Å²) in [6.45, 7) is 0. The van der Waals surface area contributed by atoms with E-state index in [4.69, 9.17) is 23.1 Å². The van der Waals surface area contributed by atoms with Crippen LogP contribution in [-0.4, -0.2) is 5.91 Å². The van der Waals surface area contributed by atoms with Crippen molar-refractivity contribution in [3.05, 3.63) is 33.0 Å². The largest absolute Gasteiger partial charge is 0.370 e. The predicted octanol–water partition coefficient (Wildman–Crippen LogP) is 2.51. The molecule has 1 atom stereocenters. The summed E-state index contributed by atoms with van der Waals surface area (Å²) in [5, 5.41) is 0.380. The van der Waals surface area contributed by atoms with Gasteiger partial charge in [-0.1, -0.05) is 11.6 Å². The molecule has 0 aliphatic rings. The Morgan fingerprint density at radius 1 is 1.56 bits per heavy atom. The van der Waals surface area contributed by atoms with Gasteiger partial charge in [-0.05, 0) is 34.5 Å². The van der Waals surface area contributed by atoms with Crippen molar-refractivity contribution in [1.29, 1.82) is 0 Å². The normalized spacial score (nSPS) is 12.5. The SMILES string of the molecule is NC(=O)CCC(N)c1cc(Cl)c(Br)cc1F. The number of rotatable bonds is 4. The second-order valence-corrected chi connectivity index (χ2v) is 4.66. The number of halogens is 3. The topological polar surface area (TPSA) is 69.1 Å². The van der Waals surface area contributed by atoms with E-state index >= 15 is 0 Å². The minimum atomic E-state index is -0.585. The predicted molar refractivity (Wildman–Crippen MR) is 64.5 cm³/mol. The molecule has 88 valence electrons. The Morgan fingerprint density at radius 2 is 2.19 bits per heavy atom. The molecular weight excluding hydrogens is 298 g/mol. The molecule has 0 heterocycles. The van der Waals surface area contributed by atoms with Crippen molar-refractivity contribution in [2.75, 3.05) is 0 Å². The highest BCUT2D eigenvalue weighted by Gasteiger charge is 2.14. The fraction of sp³-hybridized carbons (Fsp3) is 0.300. The van der Waals surface area contributed by atoms with Crippen LogP contribution in [0.3, 0.4) is 0 Å². The number of hydrogen-bond acceptors (Lipinski definition) is 2. The summed E-state index contributed by atoms with van der Waals surface area (Å²) in [5.41, 5.74) is 11.0. The first kappa shape index (κ1) is 13.4. The van der Waals surface area contributed by atoms with Gasteiger partial charge in [0.15, 0.2) is 0 Å². The average Bonchev–Trinajstić information content (AvgIpc) is 2.20. The number of nitrogens with two attached hydrogens (primary N) is 2. The van der Waals surface area contributed by atoms with Gasteiger partial charge in [0.2, 0.25) is 5.91 Å². The van der Waals surface area contributed by atoms with Gasteiger partial charge in [0.05, 0.1) is 5.02 Å². The van der Waals surface area contributed by atoms with Crippen LogP contribution in [0.15, 0.2) is 16.6 Å². The average molecular weight is 310 g/mol. The van der Waals surface area contributed by atoms with Crippen molar-refractivity contribution in [2.45, 2.75) is 18.9 Å². The molecule has 0 aromatic heterocycles. The fourth-order valence-electron chi connectivity index (χ4n) is 1.28. The molecule has 1 aromatic carbocycles. The quantitative estimate of drug-likeness (QED) is 0.839. The Labute approximate surface area is 106 Å². The summed E-state index contributed by atoms with van der Waals surface area (Å²) >= 11 is 8.94. The van der Waals surface area contributed by atoms with E-state index in [1.807, 2.05) is 0 Å². The molecule has 3 nitrogen and oxygen atoms in total. The first-order chi connectivity index (χ1) is 7.41. The lowest BCUT2D eigenvalue weighted by Gasteiger charge is -2.13. The van der Waals surface area contributed by atoms with Gasteiger partial charge in [-0.2, -0.15) is 0 Å². The molecule has 4 N–H and O–H groups in total. The summed E-state index contributed by atoms with van der Waals surface area (Å²) in [6, 6.07) is 2.12. The zero-order valence-electron chi connectivity index (χ0n) is 8.34. The lowest BCUT2D eigenvalue weighted by atomic mass is 10.0. The zero-order valence-corrected chi connectivity index (χ0v) is 10.7. The molecule has 0 aliphatic carbocycles. The molecule has 1 unspecified atom stereocenters. The molecule has 0 saturated heterocycles. The highest BCUT2D eigenvalue weighted by molar-refractivity contribution is 9.10. The highest BCUT2D eigenvalue weighted by Crippen LogP contribution is 2.29. The van der Waals surface area contributed by atoms with E-state index in [9.17, 15) is 9.18 Å². The van der Waals surface area contributed by atoms with Crippen LogP contribution in [0.1, 0.15) is 24.4 Å². The second-order valence-electron chi connectivity index (χ2n) is 3.40. The molecule has 6 heteroatoms. The number of carbonyl (C=O) groups excluding carboxylic acids is 1. The second kappa shape index (κ2) is 5.61. The Kier molecular flexibility index (Phi) is 4.70. The van der Waals surface area contributed by atoms with E-state index in [1.165, 1.54) is 12.1 Å². The molecule has 1 aromatic rings. The van der Waals surface area contributed by atoms with Crippen molar-refractivity contribution in [2.24, 2.45) is 11.5 Å². The number of carbonyl (C=O) groups is 1. The van der Waals surface area contributed by atoms with E-state index in [1.54, 1.807) is 0 Å². The molecule has 16 heavy (non-hydrogen) atoms. The first-order valence-electron chi connectivity index (χ1n) is 4.60. The molecule has 0 saturated carbocycles. The first-order valence-corrected chi connectivity index (χ1v) is 5.77. The number of benzene rings is 1. The van der Waals surface area contributed by atoms with E-state index in [0.717, 1.165) is 0 Å². The molecule has 1 amide bonds. The molecule has 0 spiro atoms. The molecular formula is C10H11BrClFN2O. The number of amides is 1. The monoisotopic (exact) mass is 308 g/mol. The Balaban J connectivity index is 2.86. The van der Waals surface area contributed by atoms with E-state index in [0.29, 0.717) is 15.9 Å². The van der Waals surface area contributed by atoms with Crippen molar-refractivity contribution in [1.82, 2.24) is 0 Å². The van der Waals surface area contributed by atoms with Gasteiger partial charge in [0, 0.05) is 22.5 Å². The third-order valence-electron chi connectivity index (χ3n) is 2.14. The zero-order chi connectivity index (χ0) is 12.3. The van der Waals surface area contributed by atoms with Gasteiger partial charge in [0.1, 0.15) is 5.82 Å². The van der Waals surface area contributed by atoms with Crippen LogP contribution >= 0.6 is 27.5 Å². The summed E-state index contributed by atoms with van der Waals surface area (Å²) in [6.07, 6.45) is 0.415. The number of primary amides is 1. The maximum absolute atomic E-state index is 13.5. The van der Waals surface area contributed by atoms with Crippen LogP contribution in [0.4, 0.5) is 4.39 Å². The highest BCUT2D eigenvalue weighted by atomic mass is 79.9. The van der Waals surface area contributed by atoms with Crippen LogP contribution in [0, 0.1) is 5.82 Å². The van der Waals surface area contributed by atoms with Crippen molar-refractivity contribution in [3.8, 4) is 0 Å².